The van der Waals surface area contributed by atoms with E-state index in [9.17, 15) is 4.79 Å². The highest BCUT2D eigenvalue weighted by Gasteiger charge is 2.25. The van der Waals surface area contributed by atoms with Crippen LogP contribution in [0.1, 0.15) is 19.8 Å². The maximum Gasteiger partial charge on any atom is 0.341 e. The Morgan fingerprint density at radius 3 is 3.00 bits per heavy atom. The van der Waals surface area contributed by atoms with Crippen LogP contribution in [0.3, 0.4) is 0 Å². The molecule has 11 heavy (non-hydrogen) atoms. The average Bonchev–Trinajstić information content (AvgIpc) is 2.03. The molecule has 3 nitrogen and oxygen atoms in total. The van der Waals surface area contributed by atoms with Gasteiger partial charge in [-0.1, -0.05) is 6.92 Å². The zero-order valence-electron chi connectivity index (χ0n) is 6.47. The summed E-state index contributed by atoms with van der Waals surface area (Å²) in [6, 6.07) is -0.198. The number of piperidine rings is 1. The number of nitrogens with one attached hydrogen (secondary N) is 1. The molecule has 0 aromatic rings. The van der Waals surface area contributed by atoms with E-state index in [1.165, 1.54) is 0 Å². The van der Waals surface area contributed by atoms with Gasteiger partial charge in [-0.3, -0.25) is 0 Å². The van der Waals surface area contributed by atoms with Crippen molar-refractivity contribution in [1.29, 1.82) is 0 Å². The van der Waals surface area contributed by atoms with Gasteiger partial charge in [-0.15, -0.1) is 0 Å². The van der Waals surface area contributed by atoms with E-state index in [1.807, 2.05) is 0 Å². The third kappa shape index (κ3) is 2.34. The maximum absolute atomic E-state index is 10.9. The van der Waals surface area contributed by atoms with Gasteiger partial charge in [0.1, 0.15) is 17.9 Å². The summed E-state index contributed by atoms with van der Waals surface area (Å²) in [5, 5.41) is 3.04. The van der Waals surface area contributed by atoms with E-state index in [-0.39, 0.29) is 12.0 Å². The fourth-order valence-corrected chi connectivity index (χ4v) is 1.45. The molecule has 1 rings (SSSR count). The Bertz CT molecular complexity index is 151. The van der Waals surface area contributed by atoms with E-state index in [0.29, 0.717) is 5.92 Å². The Balaban J connectivity index is 2.39. The van der Waals surface area contributed by atoms with Gasteiger partial charge in [0.25, 0.3) is 0 Å². The van der Waals surface area contributed by atoms with Gasteiger partial charge < -0.3 is 9.61 Å². The highest BCUT2D eigenvalue weighted by Crippen LogP contribution is 2.15. The monoisotopic (exact) mass is 177 g/mol. The van der Waals surface area contributed by atoms with Crippen molar-refractivity contribution in [1.82, 2.24) is 5.32 Å². The van der Waals surface area contributed by atoms with Gasteiger partial charge in [0.15, 0.2) is 0 Å². The lowest BCUT2D eigenvalue weighted by Crippen LogP contribution is -2.43. The molecule has 0 unspecified atom stereocenters. The van der Waals surface area contributed by atoms with Crippen LogP contribution in [-0.2, 0) is 9.08 Å². The van der Waals surface area contributed by atoms with Gasteiger partial charge in [-0.2, -0.15) is 0 Å². The number of halogens is 1. The lowest BCUT2D eigenvalue weighted by molar-refractivity contribution is -0.137. The van der Waals surface area contributed by atoms with Gasteiger partial charge in [0, 0.05) is 0 Å². The zero-order valence-corrected chi connectivity index (χ0v) is 7.23. The molecule has 1 aliphatic rings. The summed E-state index contributed by atoms with van der Waals surface area (Å²) in [5.41, 5.74) is 0. The van der Waals surface area contributed by atoms with Crippen molar-refractivity contribution >= 4 is 17.8 Å². The third-order valence-corrected chi connectivity index (χ3v) is 2.18. The molecular formula is C7H12ClNO2. The van der Waals surface area contributed by atoms with E-state index < -0.39 is 0 Å². The van der Waals surface area contributed by atoms with Gasteiger partial charge in [0.05, 0.1) is 0 Å². The molecule has 1 fully saturated rings. The topological polar surface area (TPSA) is 38.3 Å². The summed E-state index contributed by atoms with van der Waals surface area (Å²) in [6.45, 7) is 2.99. The number of rotatable bonds is 1. The second-order valence-corrected chi connectivity index (χ2v) is 3.19. The minimum atomic E-state index is -0.363. The first kappa shape index (κ1) is 8.81. The molecule has 2 atom stereocenters. The first-order valence-electron chi connectivity index (χ1n) is 3.80. The van der Waals surface area contributed by atoms with Crippen LogP contribution in [0.4, 0.5) is 0 Å². The Hall–Kier alpha value is -0.280. The van der Waals surface area contributed by atoms with Crippen molar-refractivity contribution in [2.24, 2.45) is 5.92 Å². The molecule has 1 N–H and O–H groups in total. The minimum absolute atomic E-state index is 0.198. The summed E-state index contributed by atoms with van der Waals surface area (Å²) in [7, 11) is 0. The van der Waals surface area contributed by atoms with Gasteiger partial charge >= 0.3 is 5.97 Å². The molecule has 4 heteroatoms. The van der Waals surface area contributed by atoms with E-state index in [2.05, 4.69) is 16.5 Å². The smallest absolute Gasteiger partial charge is 0.341 e. The SMILES string of the molecule is C[C@@H]1CCN[C@@H](C(=O)OCl)C1. The Kier molecular flexibility index (Phi) is 3.15. The van der Waals surface area contributed by atoms with Crippen LogP contribution in [0.25, 0.3) is 0 Å². The maximum atomic E-state index is 10.9. The molecule has 0 bridgehead atoms. The molecule has 0 spiro atoms. The summed E-state index contributed by atoms with van der Waals surface area (Å²) < 4.78 is 4.11. The van der Waals surface area contributed by atoms with Crippen LogP contribution >= 0.6 is 11.9 Å². The van der Waals surface area contributed by atoms with Gasteiger partial charge in [0.2, 0.25) is 0 Å². The number of hydrogen-bond acceptors (Lipinski definition) is 3. The fourth-order valence-electron chi connectivity index (χ4n) is 1.34. The standard InChI is InChI=1S/C7H12ClNO2/c1-5-2-3-9-6(4-5)7(10)11-8/h5-6,9H,2-4H2,1H3/t5-,6-/m1/s1. The Morgan fingerprint density at radius 1 is 1.73 bits per heavy atom. The molecule has 0 amide bonds. The van der Waals surface area contributed by atoms with Crippen molar-refractivity contribution in [2.45, 2.75) is 25.8 Å². The summed E-state index contributed by atoms with van der Waals surface area (Å²) in [6.07, 6.45) is 1.94. The fraction of sp³-hybridized carbons (Fsp3) is 0.857. The van der Waals surface area contributed by atoms with Crippen molar-refractivity contribution in [3.8, 4) is 0 Å². The van der Waals surface area contributed by atoms with Gasteiger partial charge in [-0.05, 0) is 25.3 Å². The molecule has 0 aromatic carbocycles. The Labute approximate surface area is 71.2 Å². The molecule has 0 radical (unpaired) electrons. The summed E-state index contributed by atoms with van der Waals surface area (Å²) >= 11 is 4.94. The zero-order chi connectivity index (χ0) is 8.27. The van der Waals surface area contributed by atoms with E-state index in [1.54, 1.807) is 0 Å². The largest absolute Gasteiger partial charge is 0.346 e. The quantitative estimate of drug-likeness (QED) is 0.651. The average molecular weight is 178 g/mol. The predicted molar refractivity (Wildman–Crippen MR) is 42.1 cm³/mol. The van der Waals surface area contributed by atoms with Crippen molar-refractivity contribution in [3.63, 3.8) is 0 Å². The molecular weight excluding hydrogens is 166 g/mol. The summed E-state index contributed by atoms with van der Waals surface area (Å²) in [4.78, 5) is 10.9. The van der Waals surface area contributed by atoms with Crippen LogP contribution < -0.4 is 5.32 Å². The van der Waals surface area contributed by atoms with Crippen LogP contribution in [-0.4, -0.2) is 18.6 Å². The highest BCUT2D eigenvalue weighted by atomic mass is 35.5. The predicted octanol–water partition coefficient (Wildman–Crippen LogP) is 1.07. The van der Waals surface area contributed by atoms with Crippen LogP contribution in [0.5, 0.6) is 0 Å². The molecule has 0 aromatic heterocycles. The first-order chi connectivity index (χ1) is 5.24. The van der Waals surface area contributed by atoms with Crippen molar-refractivity contribution < 1.29 is 9.08 Å². The number of carbonyl (C=O) groups excluding carboxylic acids is 1. The molecule has 1 aliphatic heterocycles. The van der Waals surface area contributed by atoms with E-state index >= 15 is 0 Å². The van der Waals surface area contributed by atoms with Crippen LogP contribution in [0.2, 0.25) is 0 Å². The van der Waals surface area contributed by atoms with Crippen molar-refractivity contribution in [3.05, 3.63) is 0 Å². The molecule has 1 heterocycles. The van der Waals surface area contributed by atoms with E-state index in [0.717, 1.165) is 19.4 Å². The Morgan fingerprint density at radius 2 is 2.45 bits per heavy atom. The lowest BCUT2D eigenvalue weighted by Gasteiger charge is -2.25. The van der Waals surface area contributed by atoms with Crippen molar-refractivity contribution in [2.75, 3.05) is 6.54 Å². The second-order valence-electron chi connectivity index (χ2n) is 3.03. The van der Waals surface area contributed by atoms with E-state index in [4.69, 9.17) is 11.9 Å². The molecule has 0 aliphatic carbocycles. The molecule has 64 valence electrons. The highest BCUT2D eigenvalue weighted by molar-refractivity contribution is 6.13. The normalized spacial score (nSPS) is 31.5. The third-order valence-electron chi connectivity index (χ3n) is 2.03. The van der Waals surface area contributed by atoms with Crippen LogP contribution in [0.15, 0.2) is 0 Å². The minimum Gasteiger partial charge on any atom is -0.346 e. The summed E-state index contributed by atoms with van der Waals surface area (Å²) in [5.74, 6) is 0.218. The van der Waals surface area contributed by atoms with Gasteiger partial charge in [-0.25, -0.2) is 4.79 Å². The second kappa shape index (κ2) is 3.93. The first-order valence-corrected chi connectivity index (χ1v) is 4.10. The molecule has 1 saturated heterocycles. The van der Waals surface area contributed by atoms with Crippen LogP contribution in [0, 0.1) is 5.92 Å². The molecule has 0 saturated carbocycles. The lowest BCUT2D eigenvalue weighted by atomic mass is 9.94. The number of carbonyl (C=O) groups is 1. The number of hydrogen-bond donors (Lipinski definition) is 1.